The van der Waals surface area contributed by atoms with Crippen molar-refractivity contribution in [1.82, 2.24) is 24.5 Å². The Kier molecular flexibility index (Phi) is 4.13. The third kappa shape index (κ3) is 2.97. The zero-order valence-electron chi connectivity index (χ0n) is 14.0. The molecule has 0 amide bonds. The first kappa shape index (κ1) is 15.1. The topological polar surface area (TPSA) is 49.6 Å². The van der Waals surface area contributed by atoms with Gasteiger partial charge in [0.2, 0.25) is 0 Å². The molecule has 1 saturated heterocycles. The number of rotatable bonds is 3. The second kappa shape index (κ2) is 6.57. The molecular weight excluding hydrogens is 300 g/mol. The smallest absolute Gasteiger partial charge is 0.155 e. The van der Waals surface area contributed by atoms with E-state index in [0.717, 1.165) is 44.8 Å². The highest BCUT2D eigenvalue weighted by molar-refractivity contribution is 5.51. The summed E-state index contributed by atoms with van der Waals surface area (Å²) in [5, 5.41) is 4.34. The van der Waals surface area contributed by atoms with Crippen molar-refractivity contribution >= 4 is 11.3 Å². The van der Waals surface area contributed by atoms with Gasteiger partial charge in [0.25, 0.3) is 0 Å². The number of fused-ring (bicyclic) bond motifs is 1. The zero-order chi connectivity index (χ0) is 16.4. The van der Waals surface area contributed by atoms with E-state index in [1.54, 1.807) is 6.33 Å². The van der Waals surface area contributed by atoms with Crippen LogP contribution in [0.3, 0.4) is 0 Å². The maximum atomic E-state index is 4.34. The Labute approximate surface area is 141 Å². The molecule has 6 heteroatoms. The SMILES string of the molecule is Cc1cnccc1N1CCCN(Cc2cccc3ncnn23)CC1. The Balaban J connectivity index is 1.47. The van der Waals surface area contributed by atoms with Crippen molar-refractivity contribution in [2.75, 3.05) is 31.1 Å². The fourth-order valence-corrected chi connectivity index (χ4v) is 3.44. The van der Waals surface area contributed by atoms with Crippen LogP contribution >= 0.6 is 0 Å². The quantitative estimate of drug-likeness (QED) is 0.739. The summed E-state index contributed by atoms with van der Waals surface area (Å²) in [7, 11) is 0. The van der Waals surface area contributed by atoms with Gasteiger partial charge in [0.1, 0.15) is 6.33 Å². The van der Waals surface area contributed by atoms with Crippen LogP contribution in [0.25, 0.3) is 5.65 Å². The molecular formula is C18H22N6. The van der Waals surface area contributed by atoms with Gasteiger partial charge in [0.05, 0.1) is 5.69 Å². The van der Waals surface area contributed by atoms with Crippen LogP contribution in [0.5, 0.6) is 0 Å². The zero-order valence-corrected chi connectivity index (χ0v) is 14.0. The second-order valence-electron chi connectivity index (χ2n) is 6.33. The van der Waals surface area contributed by atoms with Gasteiger partial charge in [-0.15, -0.1) is 0 Å². The fraction of sp³-hybridized carbons (Fsp3) is 0.389. The fourth-order valence-electron chi connectivity index (χ4n) is 3.44. The molecule has 0 radical (unpaired) electrons. The minimum absolute atomic E-state index is 0.907. The summed E-state index contributed by atoms with van der Waals surface area (Å²) in [6, 6.07) is 8.31. The van der Waals surface area contributed by atoms with Crippen molar-refractivity contribution in [3.8, 4) is 0 Å². The molecule has 0 spiro atoms. The molecule has 1 aliphatic heterocycles. The molecule has 124 valence electrons. The lowest BCUT2D eigenvalue weighted by Crippen LogP contribution is -2.31. The van der Waals surface area contributed by atoms with Crippen LogP contribution in [-0.4, -0.2) is 50.7 Å². The highest BCUT2D eigenvalue weighted by Crippen LogP contribution is 2.20. The molecule has 1 aliphatic rings. The van der Waals surface area contributed by atoms with E-state index in [9.17, 15) is 0 Å². The molecule has 4 heterocycles. The number of aromatic nitrogens is 4. The summed E-state index contributed by atoms with van der Waals surface area (Å²) in [4.78, 5) is 13.5. The summed E-state index contributed by atoms with van der Waals surface area (Å²) in [6.45, 7) is 7.33. The van der Waals surface area contributed by atoms with Crippen LogP contribution in [0.2, 0.25) is 0 Å². The molecule has 0 bridgehead atoms. The molecule has 3 aromatic rings. The van der Waals surface area contributed by atoms with Crippen molar-refractivity contribution in [1.29, 1.82) is 0 Å². The second-order valence-corrected chi connectivity index (χ2v) is 6.33. The van der Waals surface area contributed by atoms with E-state index in [-0.39, 0.29) is 0 Å². The van der Waals surface area contributed by atoms with Crippen molar-refractivity contribution in [2.45, 2.75) is 19.9 Å². The first-order chi connectivity index (χ1) is 11.8. The maximum absolute atomic E-state index is 4.34. The Morgan fingerprint density at radius 2 is 2.04 bits per heavy atom. The van der Waals surface area contributed by atoms with Gasteiger partial charge in [0.15, 0.2) is 5.65 Å². The lowest BCUT2D eigenvalue weighted by Gasteiger charge is -2.25. The number of anilines is 1. The summed E-state index contributed by atoms with van der Waals surface area (Å²) in [6.07, 6.45) is 6.62. The standard InChI is InChI=1S/C18H22N6/c1-15-12-19-7-6-17(15)23-9-3-8-22(10-11-23)13-16-4-2-5-18-20-14-21-24(16)18/h2,4-7,12,14H,3,8-11,13H2,1H3. The highest BCUT2D eigenvalue weighted by atomic mass is 15.3. The number of hydrogen-bond acceptors (Lipinski definition) is 5. The van der Waals surface area contributed by atoms with Crippen molar-refractivity contribution < 1.29 is 0 Å². The van der Waals surface area contributed by atoms with Crippen molar-refractivity contribution in [3.05, 3.63) is 54.2 Å². The average Bonchev–Trinajstić information content (AvgIpc) is 2.97. The number of nitrogens with zero attached hydrogens (tertiary/aromatic N) is 6. The van der Waals surface area contributed by atoms with Gasteiger partial charge >= 0.3 is 0 Å². The van der Waals surface area contributed by atoms with Crippen LogP contribution in [-0.2, 0) is 6.54 Å². The average molecular weight is 322 g/mol. The Morgan fingerprint density at radius 3 is 2.96 bits per heavy atom. The Hall–Kier alpha value is -2.47. The molecule has 3 aromatic heterocycles. The van der Waals surface area contributed by atoms with Crippen LogP contribution in [0.4, 0.5) is 5.69 Å². The summed E-state index contributed by atoms with van der Waals surface area (Å²) < 4.78 is 1.94. The molecule has 0 aromatic carbocycles. The van der Waals surface area contributed by atoms with Gasteiger partial charge in [-0.3, -0.25) is 9.88 Å². The van der Waals surface area contributed by atoms with E-state index in [1.807, 2.05) is 23.0 Å². The maximum Gasteiger partial charge on any atom is 0.155 e. The van der Waals surface area contributed by atoms with E-state index in [0.29, 0.717) is 0 Å². The van der Waals surface area contributed by atoms with E-state index in [2.05, 4.69) is 50.0 Å². The molecule has 4 rings (SSSR count). The normalized spacial score (nSPS) is 16.5. The molecule has 0 unspecified atom stereocenters. The van der Waals surface area contributed by atoms with Crippen LogP contribution in [0.15, 0.2) is 43.0 Å². The van der Waals surface area contributed by atoms with Gasteiger partial charge < -0.3 is 4.90 Å². The summed E-state index contributed by atoms with van der Waals surface area (Å²) in [5.41, 5.74) is 4.67. The number of pyridine rings is 2. The molecule has 6 nitrogen and oxygen atoms in total. The van der Waals surface area contributed by atoms with Gasteiger partial charge in [-0.2, -0.15) is 5.10 Å². The molecule has 0 aliphatic carbocycles. The van der Waals surface area contributed by atoms with Gasteiger partial charge in [-0.1, -0.05) is 6.07 Å². The predicted octanol–water partition coefficient (Wildman–Crippen LogP) is 2.15. The van der Waals surface area contributed by atoms with Crippen LogP contribution in [0, 0.1) is 6.92 Å². The molecule has 24 heavy (non-hydrogen) atoms. The van der Waals surface area contributed by atoms with Crippen molar-refractivity contribution in [2.24, 2.45) is 0 Å². The summed E-state index contributed by atoms with van der Waals surface area (Å²) >= 11 is 0. The van der Waals surface area contributed by atoms with E-state index < -0.39 is 0 Å². The summed E-state index contributed by atoms with van der Waals surface area (Å²) in [5.74, 6) is 0. The third-order valence-electron chi connectivity index (χ3n) is 4.69. The number of aryl methyl sites for hydroxylation is 1. The first-order valence-electron chi connectivity index (χ1n) is 8.47. The highest BCUT2D eigenvalue weighted by Gasteiger charge is 2.17. The first-order valence-corrected chi connectivity index (χ1v) is 8.47. The van der Waals surface area contributed by atoms with E-state index >= 15 is 0 Å². The number of hydrogen-bond donors (Lipinski definition) is 0. The molecule has 1 fully saturated rings. The van der Waals surface area contributed by atoms with Crippen molar-refractivity contribution in [3.63, 3.8) is 0 Å². The van der Waals surface area contributed by atoms with Gasteiger partial charge in [-0.05, 0) is 37.1 Å². The van der Waals surface area contributed by atoms with Gasteiger partial charge in [-0.25, -0.2) is 9.50 Å². The van der Waals surface area contributed by atoms with Crippen LogP contribution < -0.4 is 4.90 Å². The monoisotopic (exact) mass is 322 g/mol. The third-order valence-corrected chi connectivity index (χ3v) is 4.69. The van der Waals surface area contributed by atoms with Gasteiger partial charge in [0, 0.05) is 50.8 Å². The lowest BCUT2D eigenvalue weighted by atomic mass is 10.2. The lowest BCUT2D eigenvalue weighted by molar-refractivity contribution is 0.280. The van der Waals surface area contributed by atoms with E-state index in [4.69, 9.17) is 0 Å². The van der Waals surface area contributed by atoms with Crippen LogP contribution in [0.1, 0.15) is 17.7 Å². The Morgan fingerprint density at radius 1 is 1.08 bits per heavy atom. The molecule has 0 saturated carbocycles. The van der Waals surface area contributed by atoms with E-state index in [1.165, 1.54) is 16.9 Å². The molecule has 0 N–H and O–H groups in total. The largest absolute Gasteiger partial charge is 0.370 e. The predicted molar refractivity (Wildman–Crippen MR) is 94.1 cm³/mol. The molecule has 0 atom stereocenters. The Bertz CT molecular complexity index is 827. The minimum Gasteiger partial charge on any atom is -0.370 e. The minimum atomic E-state index is 0.907.